The van der Waals surface area contributed by atoms with E-state index < -0.39 is 11.5 Å². The number of esters is 1. The van der Waals surface area contributed by atoms with Gasteiger partial charge in [-0.05, 0) is 25.6 Å². The Morgan fingerprint density at radius 2 is 2.42 bits per heavy atom. The summed E-state index contributed by atoms with van der Waals surface area (Å²) in [5.41, 5.74) is 3.64. The molecule has 0 aliphatic carbocycles. The van der Waals surface area contributed by atoms with Gasteiger partial charge in [-0.2, -0.15) is 0 Å². The number of ether oxygens (including phenoxy) is 1. The molecule has 0 aliphatic heterocycles. The van der Waals surface area contributed by atoms with E-state index in [2.05, 4.69) is 4.74 Å². The summed E-state index contributed by atoms with van der Waals surface area (Å²) in [4.78, 5) is 10.7. The molecule has 0 amide bonds. The third-order valence-corrected chi connectivity index (χ3v) is 2.09. The molecule has 5 heteroatoms. The van der Waals surface area contributed by atoms with E-state index in [4.69, 9.17) is 5.73 Å². The first-order valence-electron chi connectivity index (χ1n) is 3.84. The lowest BCUT2D eigenvalue weighted by atomic mass is 10.5. The Hall–Kier alpha value is -0.290. The van der Waals surface area contributed by atoms with E-state index in [0.717, 1.165) is 11.8 Å². The summed E-state index contributed by atoms with van der Waals surface area (Å²) >= 11 is 0.928. The minimum absolute atomic E-state index is 0.219. The number of alkyl halides is 1. The van der Waals surface area contributed by atoms with Crippen LogP contribution in [0.15, 0.2) is 0 Å². The van der Waals surface area contributed by atoms with Crippen LogP contribution in [0.1, 0.15) is 13.3 Å². The molecule has 1 atom stereocenters. The summed E-state index contributed by atoms with van der Waals surface area (Å²) in [5.74, 6) is -0.240. The second kappa shape index (κ2) is 7.36. The van der Waals surface area contributed by atoms with Gasteiger partial charge in [0.15, 0.2) is 0 Å². The zero-order valence-electron chi connectivity index (χ0n) is 7.09. The van der Waals surface area contributed by atoms with Crippen molar-refractivity contribution in [1.82, 2.24) is 0 Å². The fourth-order valence-electron chi connectivity index (χ4n) is 0.546. The number of carbonyl (C=O) groups is 1. The molecule has 0 spiro atoms. The van der Waals surface area contributed by atoms with E-state index in [0.29, 0.717) is 18.7 Å². The Labute approximate surface area is 75.8 Å². The van der Waals surface area contributed by atoms with Crippen molar-refractivity contribution in [3.63, 3.8) is 0 Å². The third-order valence-electron chi connectivity index (χ3n) is 1.08. The quantitative estimate of drug-likeness (QED) is 0.506. The number of thioether (sulfide) groups is 1. The van der Waals surface area contributed by atoms with Crippen LogP contribution >= 0.6 is 11.8 Å². The second-order valence-electron chi connectivity index (χ2n) is 2.08. The van der Waals surface area contributed by atoms with Crippen molar-refractivity contribution in [3.05, 3.63) is 0 Å². The van der Waals surface area contributed by atoms with Crippen molar-refractivity contribution >= 4 is 17.7 Å². The molecule has 12 heavy (non-hydrogen) atoms. The van der Waals surface area contributed by atoms with Crippen LogP contribution in [0.3, 0.4) is 0 Å². The van der Waals surface area contributed by atoms with Crippen molar-refractivity contribution in [3.8, 4) is 0 Å². The van der Waals surface area contributed by atoms with Gasteiger partial charge in [-0.15, -0.1) is 11.8 Å². The average Bonchev–Trinajstić information content (AvgIpc) is 2.05. The van der Waals surface area contributed by atoms with Gasteiger partial charge >= 0.3 is 5.97 Å². The highest BCUT2D eigenvalue weighted by atomic mass is 32.2. The maximum Gasteiger partial charge on any atom is 0.351 e. The molecular formula is C7H14FNO2S. The minimum Gasteiger partial charge on any atom is -0.463 e. The normalized spacial score (nSPS) is 12.6. The standard InChI is InChI=1S/C7H14FNO2S/c1-2-11-7(10)6(8)12-5-3-4-9/h6H,2-5,9H2,1H3. The Morgan fingerprint density at radius 1 is 1.75 bits per heavy atom. The monoisotopic (exact) mass is 195 g/mol. The van der Waals surface area contributed by atoms with E-state index >= 15 is 0 Å². The Balaban J connectivity index is 3.42. The molecule has 0 aromatic carbocycles. The first-order chi connectivity index (χ1) is 5.72. The largest absolute Gasteiger partial charge is 0.463 e. The van der Waals surface area contributed by atoms with Gasteiger partial charge in [-0.25, -0.2) is 9.18 Å². The zero-order valence-corrected chi connectivity index (χ0v) is 7.90. The lowest BCUT2D eigenvalue weighted by molar-refractivity contribution is -0.145. The smallest absolute Gasteiger partial charge is 0.351 e. The molecule has 0 fully saturated rings. The number of nitrogens with two attached hydrogens (primary N) is 1. The van der Waals surface area contributed by atoms with Crippen molar-refractivity contribution in [2.75, 3.05) is 18.9 Å². The number of hydrogen-bond acceptors (Lipinski definition) is 4. The topological polar surface area (TPSA) is 52.3 Å². The molecule has 2 N–H and O–H groups in total. The highest BCUT2D eigenvalue weighted by Gasteiger charge is 2.17. The molecule has 0 rings (SSSR count). The molecule has 0 saturated heterocycles. The van der Waals surface area contributed by atoms with Gasteiger partial charge in [0.1, 0.15) is 0 Å². The fraction of sp³-hybridized carbons (Fsp3) is 0.857. The second-order valence-corrected chi connectivity index (χ2v) is 3.24. The molecular weight excluding hydrogens is 181 g/mol. The molecule has 0 aliphatic rings. The summed E-state index contributed by atoms with van der Waals surface area (Å²) in [5, 5.41) is 0. The molecule has 0 saturated carbocycles. The summed E-state index contributed by atoms with van der Waals surface area (Å²) < 4.78 is 17.2. The molecule has 0 aromatic heterocycles. The number of carbonyl (C=O) groups excluding carboxylic acids is 1. The van der Waals surface area contributed by atoms with Crippen LogP contribution in [-0.4, -0.2) is 30.4 Å². The Bertz CT molecular complexity index is 135. The van der Waals surface area contributed by atoms with Crippen LogP contribution < -0.4 is 5.73 Å². The molecule has 1 unspecified atom stereocenters. The molecule has 72 valence electrons. The molecule has 0 bridgehead atoms. The van der Waals surface area contributed by atoms with Crippen LogP contribution in [0.25, 0.3) is 0 Å². The van der Waals surface area contributed by atoms with Gasteiger partial charge in [0.25, 0.3) is 0 Å². The van der Waals surface area contributed by atoms with Gasteiger partial charge in [-0.1, -0.05) is 0 Å². The van der Waals surface area contributed by atoms with E-state index in [1.54, 1.807) is 6.92 Å². The van der Waals surface area contributed by atoms with Gasteiger partial charge < -0.3 is 10.5 Å². The molecule has 3 nitrogen and oxygen atoms in total. The summed E-state index contributed by atoms with van der Waals surface area (Å²) in [6.07, 6.45) is 0.713. The van der Waals surface area contributed by atoms with Crippen molar-refractivity contribution in [2.45, 2.75) is 18.8 Å². The molecule has 0 radical (unpaired) electrons. The minimum atomic E-state index is -1.56. The first kappa shape index (κ1) is 11.7. The Kier molecular flexibility index (Phi) is 7.19. The predicted octanol–water partition coefficient (Wildman–Crippen LogP) is 0.927. The van der Waals surface area contributed by atoms with Gasteiger partial charge in [0.05, 0.1) is 6.61 Å². The fourth-order valence-corrected chi connectivity index (χ4v) is 1.29. The predicted molar refractivity (Wildman–Crippen MR) is 47.7 cm³/mol. The zero-order chi connectivity index (χ0) is 9.40. The average molecular weight is 195 g/mol. The first-order valence-corrected chi connectivity index (χ1v) is 4.89. The lowest BCUT2D eigenvalue weighted by Crippen LogP contribution is -2.16. The van der Waals surface area contributed by atoms with Crippen LogP contribution in [0.4, 0.5) is 4.39 Å². The maximum atomic E-state index is 12.8. The molecule has 0 heterocycles. The van der Waals surface area contributed by atoms with E-state index in [1.165, 1.54) is 0 Å². The van der Waals surface area contributed by atoms with Gasteiger partial charge in [0.2, 0.25) is 5.50 Å². The van der Waals surface area contributed by atoms with Crippen LogP contribution in [0.2, 0.25) is 0 Å². The highest BCUT2D eigenvalue weighted by Crippen LogP contribution is 2.14. The maximum absolute atomic E-state index is 12.8. The van der Waals surface area contributed by atoms with Crippen molar-refractivity contribution in [1.29, 1.82) is 0 Å². The summed E-state index contributed by atoms with van der Waals surface area (Å²) in [6, 6.07) is 0. The summed E-state index contributed by atoms with van der Waals surface area (Å²) in [6.45, 7) is 2.38. The Morgan fingerprint density at radius 3 is 2.92 bits per heavy atom. The van der Waals surface area contributed by atoms with E-state index in [9.17, 15) is 9.18 Å². The van der Waals surface area contributed by atoms with Gasteiger partial charge in [-0.3, -0.25) is 0 Å². The van der Waals surface area contributed by atoms with Crippen molar-refractivity contribution < 1.29 is 13.9 Å². The van der Waals surface area contributed by atoms with E-state index in [1.807, 2.05) is 0 Å². The highest BCUT2D eigenvalue weighted by molar-refractivity contribution is 8.00. The van der Waals surface area contributed by atoms with Crippen LogP contribution in [0, 0.1) is 0 Å². The number of halogens is 1. The lowest BCUT2D eigenvalue weighted by Gasteiger charge is -2.05. The van der Waals surface area contributed by atoms with Gasteiger partial charge in [0, 0.05) is 0 Å². The SMILES string of the molecule is CCOC(=O)C(F)SCCCN. The molecule has 0 aromatic rings. The van der Waals surface area contributed by atoms with Crippen LogP contribution in [-0.2, 0) is 9.53 Å². The van der Waals surface area contributed by atoms with E-state index in [-0.39, 0.29) is 6.61 Å². The number of rotatable bonds is 6. The van der Waals surface area contributed by atoms with Crippen molar-refractivity contribution in [2.24, 2.45) is 5.73 Å². The number of hydrogen-bond donors (Lipinski definition) is 1. The summed E-state index contributed by atoms with van der Waals surface area (Å²) in [7, 11) is 0. The van der Waals surface area contributed by atoms with Crippen LogP contribution in [0.5, 0.6) is 0 Å². The third kappa shape index (κ3) is 5.37.